The summed E-state index contributed by atoms with van der Waals surface area (Å²) in [5, 5.41) is 4.02. The SMILES string of the molecule is Fc1ccc(OCCn2cccn2)cn1. The van der Waals surface area contributed by atoms with Crippen LogP contribution in [0.25, 0.3) is 0 Å². The third-order valence-corrected chi connectivity index (χ3v) is 1.85. The first-order chi connectivity index (χ1) is 7.34. The number of hydrogen-bond donors (Lipinski definition) is 0. The highest BCUT2D eigenvalue weighted by Crippen LogP contribution is 2.07. The van der Waals surface area contributed by atoms with Crippen molar-refractivity contribution < 1.29 is 9.13 Å². The van der Waals surface area contributed by atoms with Crippen molar-refractivity contribution in [1.29, 1.82) is 0 Å². The van der Waals surface area contributed by atoms with Gasteiger partial charge in [-0.25, -0.2) is 4.98 Å². The Kier molecular flexibility index (Phi) is 2.92. The monoisotopic (exact) mass is 207 g/mol. The van der Waals surface area contributed by atoms with Gasteiger partial charge in [0.05, 0.1) is 12.7 Å². The molecule has 0 N–H and O–H groups in total. The summed E-state index contributed by atoms with van der Waals surface area (Å²) in [6, 6.07) is 4.66. The Morgan fingerprint density at radius 2 is 2.33 bits per heavy atom. The molecule has 0 saturated heterocycles. The number of aromatic nitrogens is 3. The molecular weight excluding hydrogens is 197 g/mol. The average molecular weight is 207 g/mol. The van der Waals surface area contributed by atoms with Gasteiger partial charge in [0.25, 0.3) is 0 Å². The molecule has 0 aromatic carbocycles. The van der Waals surface area contributed by atoms with E-state index in [2.05, 4.69) is 10.1 Å². The van der Waals surface area contributed by atoms with Gasteiger partial charge in [-0.2, -0.15) is 9.49 Å². The van der Waals surface area contributed by atoms with Gasteiger partial charge < -0.3 is 4.74 Å². The number of pyridine rings is 1. The zero-order valence-electron chi connectivity index (χ0n) is 8.01. The van der Waals surface area contributed by atoms with Gasteiger partial charge in [0, 0.05) is 12.4 Å². The lowest BCUT2D eigenvalue weighted by molar-refractivity contribution is 0.289. The molecule has 4 nitrogen and oxygen atoms in total. The summed E-state index contributed by atoms with van der Waals surface area (Å²) in [5.74, 6) is 0.0537. The molecule has 0 spiro atoms. The first-order valence-electron chi connectivity index (χ1n) is 4.56. The van der Waals surface area contributed by atoms with Crippen LogP contribution >= 0.6 is 0 Å². The summed E-state index contributed by atoms with van der Waals surface area (Å²) in [7, 11) is 0. The molecule has 15 heavy (non-hydrogen) atoms. The third kappa shape index (κ3) is 2.77. The van der Waals surface area contributed by atoms with E-state index >= 15 is 0 Å². The van der Waals surface area contributed by atoms with E-state index in [0.29, 0.717) is 18.9 Å². The van der Waals surface area contributed by atoms with Crippen LogP contribution in [0, 0.1) is 5.95 Å². The molecule has 78 valence electrons. The minimum absolute atomic E-state index is 0.481. The van der Waals surface area contributed by atoms with Crippen molar-refractivity contribution in [2.75, 3.05) is 6.61 Å². The summed E-state index contributed by atoms with van der Waals surface area (Å²) in [4.78, 5) is 3.48. The molecule has 0 aliphatic heterocycles. The van der Waals surface area contributed by atoms with Crippen LogP contribution in [-0.2, 0) is 6.54 Å². The standard InChI is InChI=1S/C10H10FN3O/c11-10-3-2-9(8-12-10)15-7-6-14-5-1-4-13-14/h1-5,8H,6-7H2. The van der Waals surface area contributed by atoms with Crippen molar-refractivity contribution in [1.82, 2.24) is 14.8 Å². The second-order valence-electron chi connectivity index (χ2n) is 2.93. The normalized spacial score (nSPS) is 10.2. The fourth-order valence-corrected chi connectivity index (χ4v) is 1.14. The van der Waals surface area contributed by atoms with Crippen LogP contribution in [0.15, 0.2) is 36.8 Å². The highest BCUT2D eigenvalue weighted by Gasteiger charge is 1.96. The van der Waals surface area contributed by atoms with Gasteiger partial charge in [0.15, 0.2) is 0 Å². The maximum absolute atomic E-state index is 12.5. The minimum Gasteiger partial charge on any atom is -0.490 e. The molecule has 0 amide bonds. The summed E-state index contributed by atoms with van der Waals surface area (Å²) in [6.07, 6.45) is 4.92. The van der Waals surface area contributed by atoms with Crippen LogP contribution in [0.5, 0.6) is 5.75 Å². The number of ether oxygens (including phenoxy) is 1. The molecular formula is C10H10FN3O. The Morgan fingerprint density at radius 3 is 3.00 bits per heavy atom. The van der Waals surface area contributed by atoms with Gasteiger partial charge >= 0.3 is 0 Å². The molecule has 0 saturated carbocycles. The predicted octanol–water partition coefficient (Wildman–Crippen LogP) is 1.50. The number of halogens is 1. The van der Waals surface area contributed by atoms with Gasteiger partial charge in [-0.1, -0.05) is 0 Å². The lowest BCUT2D eigenvalue weighted by atomic mass is 10.4. The van der Waals surface area contributed by atoms with Gasteiger partial charge in [0.1, 0.15) is 12.4 Å². The fourth-order valence-electron chi connectivity index (χ4n) is 1.14. The Morgan fingerprint density at radius 1 is 1.40 bits per heavy atom. The Bertz CT molecular complexity index is 399. The molecule has 0 bridgehead atoms. The molecule has 2 rings (SSSR count). The number of nitrogens with zero attached hydrogens (tertiary/aromatic N) is 3. The largest absolute Gasteiger partial charge is 0.490 e. The van der Waals surface area contributed by atoms with E-state index in [-0.39, 0.29) is 0 Å². The van der Waals surface area contributed by atoms with Crippen LogP contribution in [0.1, 0.15) is 0 Å². The van der Waals surface area contributed by atoms with E-state index in [4.69, 9.17) is 4.74 Å². The molecule has 0 fully saturated rings. The molecule has 2 aromatic heterocycles. The van der Waals surface area contributed by atoms with Gasteiger partial charge in [-0.05, 0) is 18.2 Å². The van der Waals surface area contributed by atoms with Crippen molar-refractivity contribution in [3.05, 3.63) is 42.7 Å². The molecule has 2 heterocycles. The van der Waals surface area contributed by atoms with E-state index in [9.17, 15) is 4.39 Å². The first-order valence-corrected chi connectivity index (χ1v) is 4.56. The van der Waals surface area contributed by atoms with Crippen molar-refractivity contribution in [2.24, 2.45) is 0 Å². The summed E-state index contributed by atoms with van der Waals surface area (Å²) in [6.45, 7) is 1.14. The van der Waals surface area contributed by atoms with Crippen molar-refractivity contribution in [3.63, 3.8) is 0 Å². The van der Waals surface area contributed by atoms with Crippen LogP contribution in [0.3, 0.4) is 0 Å². The maximum Gasteiger partial charge on any atom is 0.213 e. The number of rotatable bonds is 4. The van der Waals surface area contributed by atoms with E-state index in [0.717, 1.165) is 0 Å². The van der Waals surface area contributed by atoms with Crippen LogP contribution in [0.2, 0.25) is 0 Å². The van der Waals surface area contributed by atoms with E-state index in [1.807, 2.05) is 12.3 Å². The Hall–Kier alpha value is -1.91. The zero-order valence-corrected chi connectivity index (χ0v) is 8.01. The van der Waals surface area contributed by atoms with Crippen molar-refractivity contribution in [2.45, 2.75) is 6.54 Å². The summed E-state index contributed by atoms with van der Waals surface area (Å²) in [5.41, 5.74) is 0. The molecule has 0 atom stereocenters. The van der Waals surface area contributed by atoms with Crippen molar-refractivity contribution in [3.8, 4) is 5.75 Å². The average Bonchev–Trinajstić information content (AvgIpc) is 2.74. The topological polar surface area (TPSA) is 39.9 Å². The highest BCUT2D eigenvalue weighted by molar-refractivity contribution is 5.15. The van der Waals surface area contributed by atoms with Gasteiger partial charge in [-0.15, -0.1) is 0 Å². The van der Waals surface area contributed by atoms with Crippen molar-refractivity contribution >= 4 is 0 Å². The molecule has 0 radical (unpaired) electrons. The lowest BCUT2D eigenvalue weighted by Gasteiger charge is -2.05. The fraction of sp³-hybridized carbons (Fsp3) is 0.200. The lowest BCUT2D eigenvalue weighted by Crippen LogP contribution is -2.08. The summed E-state index contributed by atoms with van der Waals surface area (Å²) >= 11 is 0. The van der Waals surface area contributed by atoms with Crippen LogP contribution in [0.4, 0.5) is 4.39 Å². The zero-order chi connectivity index (χ0) is 10.5. The second-order valence-corrected chi connectivity index (χ2v) is 2.93. The Labute approximate surface area is 86.3 Å². The molecule has 0 aliphatic carbocycles. The quantitative estimate of drug-likeness (QED) is 0.713. The first kappa shape index (κ1) is 9.64. The van der Waals surface area contributed by atoms with E-state index in [1.54, 1.807) is 16.9 Å². The molecule has 5 heteroatoms. The Balaban J connectivity index is 1.81. The smallest absolute Gasteiger partial charge is 0.213 e. The predicted molar refractivity (Wildman–Crippen MR) is 51.9 cm³/mol. The van der Waals surface area contributed by atoms with Crippen LogP contribution in [-0.4, -0.2) is 21.4 Å². The summed E-state index contributed by atoms with van der Waals surface area (Å²) < 4.78 is 19.6. The minimum atomic E-state index is -0.505. The highest BCUT2D eigenvalue weighted by atomic mass is 19.1. The van der Waals surface area contributed by atoms with E-state index in [1.165, 1.54) is 12.3 Å². The maximum atomic E-state index is 12.5. The van der Waals surface area contributed by atoms with Crippen LogP contribution < -0.4 is 4.74 Å². The van der Waals surface area contributed by atoms with Gasteiger partial charge in [-0.3, -0.25) is 4.68 Å². The third-order valence-electron chi connectivity index (χ3n) is 1.85. The molecule has 0 unspecified atom stereocenters. The number of hydrogen-bond acceptors (Lipinski definition) is 3. The van der Waals surface area contributed by atoms with E-state index < -0.39 is 5.95 Å². The van der Waals surface area contributed by atoms with Gasteiger partial charge in [0.2, 0.25) is 5.95 Å². The molecule has 0 aliphatic rings. The molecule has 2 aromatic rings. The second kappa shape index (κ2) is 4.54.